The molecule has 0 aliphatic rings. The van der Waals surface area contributed by atoms with Gasteiger partial charge in [0.1, 0.15) is 0 Å². The molecule has 0 bridgehead atoms. The van der Waals surface area contributed by atoms with Crippen LogP contribution in [-0.4, -0.2) is 52.4 Å². The minimum atomic E-state index is 0.339. The van der Waals surface area contributed by atoms with Crippen molar-refractivity contribution in [3.8, 4) is 0 Å². The molecule has 0 N–H and O–H groups in total. The van der Waals surface area contributed by atoms with E-state index >= 15 is 0 Å². The Kier molecular flexibility index (Phi) is 4.96. The molecular formula is B3Cl3Se3. The molecule has 0 atom stereocenters. The standard InChI is InChI=1S/B3Cl3Se3/c4-1-7-2(5)9-3(6)8-1. The molecule has 0 saturated heterocycles. The van der Waals surface area contributed by atoms with Crippen LogP contribution in [-0.2, 0) is 0 Å². The van der Waals surface area contributed by atoms with Crippen LogP contribution in [0.25, 0.3) is 0 Å². The van der Waals surface area contributed by atoms with E-state index in [1.165, 1.54) is 0 Å². The molecule has 0 unspecified atom stereocenters. The van der Waals surface area contributed by atoms with Crippen molar-refractivity contribution in [1.82, 2.24) is 0 Å². The van der Waals surface area contributed by atoms with E-state index in [0.29, 0.717) is 52.4 Å². The van der Waals surface area contributed by atoms with Crippen LogP contribution in [0.5, 0.6) is 0 Å². The van der Waals surface area contributed by atoms with Crippen LogP contribution in [0.3, 0.4) is 0 Å². The second-order valence-corrected chi connectivity index (χ2v) is 18.2. The average molecular weight is 376 g/mol. The first-order chi connectivity index (χ1) is 4.18. The Hall–Kier alpha value is 2.62. The van der Waals surface area contributed by atoms with Gasteiger partial charge in [-0.25, -0.2) is 0 Å². The second-order valence-electron chi connectivity index (χ2n) is 1.23. The van der Waals surface area contributed by atoms with Gasteiger partial charge in [-0.15, -0.1) is 0 Å². The topological polar surface area (TPSA) is 0 Å². The Morgan fingerprint density at radius 2 is 0.889 bits per heavy atom. The first-order valence-corrected chi connectivity index (χ1v) is 9.31. The average Bonchev–Trinajstić information content (AvgIpc) is 1.59. The molecule has 1 rings (SSSR count). The maximum atomic E-state index is 5.90. The first kappa shape index (κ1) is 9.71. The summed E-state index contributed by atoms with van der Waals surface area (Å²) in [5.41, 5.74) is 0. The van der Waals surface area contributed by atoms with E-state index in [4.69, 9.17) is 34.4 Å². The van der Waals surface area contributed by atoms with E-state index in [-0.39, 0.29) is 0 Å². The fourth-order valence-electron chi connectivity index (χ4n) is 0.349. The molecule has 0 amide bonds. The molecule has 9 heavy (non-hydrogen) atoms. The summed E-state index contributed by atoms with van der Waals surface area (Å²) < 4.78 is 1.02. The Bertz CT molecular complexity index is 175. The van der Waals surface area contributed by atoms with Gasteiger partial charge in [-0.2, -0.15) is 0 Å². The number of hydrogen-bond acceptors (Lipinski definition) is 0. The van der Waals surface area contributed by atoms with E-state index in [0.717, 1.165) is 0 Å². The van der Waals surface area contributed by atoms with Gasteiger partial charge in [-0.05, 0) is 0 Å². The monoisotopic (exact) mass is 378 g/mol. The second kappa shape index (κ2) is 4.60. The Balaban J connectivity index is 3.17. The molecule has 48 valence electrons. The van der Waals surface area contributed by atoms with Crippen LogP contribution in [0.15, 0.2) is 0 Å². The molecule has 0 aliphatic heterocycles. The summed E-state index contributed by atoms with van der Waals surface area (Å²) in [4.78, 5) is 0. The fraction of sp³-hybridized carbons (Fsp3) is 0. The summed E-state index contributed by atoms with van der Waals surface area (Å²) in [6, 6.07) is 0. The summed E-state index contributed by atoms with van der Waals surface area (Å²) >= 11 is 19.1. The summed E-state index contributed by atoms with van der Waals surface area (Å²) in [5, 5.41) is 0. The van der Waals surface area contributed by atoms with Crippen LogP contribution in [0.1, 0.15) is 0 Å². The first-order valence-electron chi connectivity index (χ1n) is 2.07. The van der Waals surface area contributed by atoms with Crippen molar-refractivity contribution in [3.63, 3.8) is 0 Å². The molecular weight excluding hydrogens is 376 g/mol. The van der Waals surface area contributed by atoms with Gasteiger partial charge in [0.2, 0.25) is 0 Å². The summed E-state index contributed by atoms with van der Waals surface area (Å²) in [6.45, 7) is 0. The van der Waals surface area contributed by atoms with Gasteiger partial charge in [0, 0.05) is 0 Å². The number of hydrogen-bond donors (Lipinski definition) is 0. The van der Waals surface area contributed by atoms with Crippen LogP contribution < -0.4 is 0 Å². The fourth-order valence-corrected chi connectivity index (χ4v) is 25.1. The third-order valence-corrected chi connectivity index (χ3v) is 13.8. The summed E-state index contributed by atoms with van der Waals surface area (Å²) in [7, 11) is 0. The number of halogens is 3. The molecule has 0 aliphatic carbocycles. The zero-order chi connectivity index (χ0) is 6.85. The normalized spacial score (nSPS) is 9.67. The van der Waals surface area contributed by atoms with Crippen LogP contribution in [0.2, 0.25) is 0 Å². The van der Waals surface area contributed by atoms with Crippen LogP contribution in [0.4, 0.5) is 0 Å². The third kappa shape index (κ3) is 3.69. The van der Waals surface area contributed by atoms with Gasteiger partial charge >= 0.3 is 86.8 Å². The van der Waals surface area contributed by atoms with Gasteiger partial charge < -0.3 is 0 Å². The van der Waals surface area contributed by atoms with Gasteiger partial charge in [0.15, 0.2) is 0 Å². The van der Waals surface area contributed by atoms with Crippen LogP contribution in [0, 0.1) is 0 Å². The molecule has 1 heterocycles. The van der Waals surface area contributed by atoms with E-state index in [1.807, 2.05) is 0 Å². The predicted molar refractivity (Wildman–Crippen MR) is 52.1 cm³/mol. The molecule has 0 saturated carbocycles. The minimum absolute atomic E-state index is 0.339. The SMILES string of the molecule is Cl[b-]1[se+][b-](Cl)[se+][b-](Cl)[se+]1. The van der Waals surface area contributed by atoms with Crippen molar-refractivity contribution < 1.29 is 0 Å². The van der Waals surface area contributed by atoms with Crippen molar-refractivity contribution in [1.29, 1.82) is 0 Å². The Morgan fingerprint density at radius 1 is 0.667 bits per heavy atom. The Labute approximate surface area is 85.7 Å². The maximum absolute atomic E-state index is 5.90. The van der Waals surface area contributed by atoms with Gasteiger partial charge in [-0.1, -0.05) is 0 Å². The van der Waals surface area contributed by atoms with Crippen molar-refractivity contribution in [3.05, 3.63) is 0 Å². The molecule has 1 aromatic heterocycles. The molecule has 1 aromatic rings. The third-order valence-electron chi connectivity index (χ3n) is 0.642. The van der Waals surface area contributed by atoms with E-state index < -0.39 is 0 Å². The molecule has 0 nitrogen and oxygen atoms in total. The zero-order valence-electron chi connectivity index (χ0n) is 4.09. The molecule has 0 radical (unpaired) electrons. The predicted octanol–water partition coefficient (Wildman–Crippen LogP) is -0.216. The Morgan fingerprint density at radius 3 is 1.11 bits per heavy atom. The zero-order valence-corrected chi connectivity index (χ0v) is 11.5. The summed E-state index contributed by atoms with van der Waals surface area (Å²) in [6.07, 6.45) is 0. The van der Waals surface area contributed by atoms with Gasteiger partial charge in [0.05, 0.1) is 0 Å². The van der Waals surface area contributed by atoms with Gasteiger partial charge in [0.25, 0.3) is 0 Å². The quantitative estimate of drug-likeness (QED) is 0.550. The van der Waals surface area contributed by atoms with Crippen molar-refractivity contribution in [2.24, 2.45) is 0 Å². The van der Waals surface area contributed by atoms with Crippen LogP contribution >= 0.6 is 34.4 Å². The van der Waals surface area contributed by atoms with E-state index in [2.05, 4.69) is 0 Å². The molecule has 9 heteroatoms. The van der Waals surface area contributed by atoms with Crippen molar-refractivity contribution >= 4 is 86.8 Å². The van der Waals surface area contributed by atoms with Crippen molar-refractivity contribution in [2.75, 3.05) is 0 Å². The van der Waals surface area contributed by atoms with Gasteiger partial charge in [-0.3, -0.25) is 0 Å². The molecule has 0 fully saturated rings. The molecule has 0 spiro atoms. The number of rotatable bonds is 0. The van der Waals surface area contributed by atoms with E-state index in [9.17, 15) is 0 Å². The molecule has 0 aromatic carbocycles. The van der Waals surface area contributed by atoms with Crippen molar-refractivity contribution in [2.45, 2.75) is 0 Å². The van der Waals surface area contributed by atoms with E-state index in [1.54, 1.807) is 0 Å². The summed E-state index contributed by atoms with van der Waals surface area (Å²) in [5.74, 6) is 0.